The third-order valence-electron chi connectivity index (χ3n) is 8.11. The SMILES string of the molecule is O=C(CCCCCS(=O)(=O)C1CCCCC1)N[C@@H](Cc1ccc(OCc2ccccc2)cc1)CN1CC[C@@H](F)C1. The highest BCUT2D eigenvalue weighted by molar-refractivity contribution is 7.92. The van der Waals surface area contributed by atoms with Gasteiger partial charge in [0, 0.05) is 32.1 Å². The van der Waals surface area contributed by atoms with Crippen LogP contribution in [0.1, 0.15) is 75.3 Å². The maximum absolute atomic E-state index is 13.8. The van der Waals surface area contributed by atoms with E-state index in [1.165, 1.54) is 0 Å². The number of benzene rings is 2. The molecule has 8 heteroatoms. The average Bonchev–Trinajstić information content (AvgIpc) is 3.37. The number of nitrogens with zero attached hydrogens (tertiary/aromatic N) is 1. The van der Waals surface area contributed by atoms with Gasteiger partial charge >= 0.3 is 0 Å². The van der Waals surface area contributed by atoms with Crippen LogP contribution in [0.4, 0.5) is 4.39 Å². The van der Waals surface area contributed by atoms with Crippen molar-refractivity contribution in [1.29, 1.82) is 0 Å². The van der Waals surface area contributed by atoms with Crippen LogP contribution in [0.15, 0.2) is 54.6 Å². The third-order valence-corrected chi connectivity index (χ3v) is 10.4. The molecule has 220 valence electrons. The number of ether oxygens (including phenoxy) is 1. The van der Waals surface area contributed by atoms with Crippen molar-refractivity contribution in [1.82, 2.24) is 10.2 Å². The number of rotatable bonds is 15. The van der Waals surface area contributed by atoms with Gasteiger partial charge in [-0.1, -0.05) is 68.1 Å². The van der Waals surface area contributed by atoms with Crippen LogP contribution in [-0.4, -0.2) is 62.1 Å². The molecule has 2 aliphatic rings. The van der Waals surface area contributed by atoms with Crippen molar-refractivity contribution in [3.8, 4) is 5.75 Å². The molecule has 1 heterocycles. The summed E-state index contributed by atoms with van der Waals surface area (Å²) in [7, 11) is -3.02. The lowest BCUT2D eigenvalue weighted by Crippen LogP contribution is -2.44. The fourth-order valence-corrected chi connectivity index (χ4v) is 7.82. The van der Waals surface area contributed by atoms with Crippen LogP contribution >= 0.6 is 0 Å². The number of hydrogen-bond donors (Lipinski definition) is 1. The third kappa shape index (κ3) is 10.2. The van der Waals surface area contributed by atoms with Crippen LogP contribution in [-0.2, 0) is 27.7 Å². The number of alkyl halides is 1. The van der Waals surface area contributed by atoms with Gasteiger partial charge in [0.05, 0.1) is 11.0 Å². The highest BCUT2D eigenvalue weighted by Crippen LogP contribution is 2.25. The minimum Gasteiger partial charge on any atom is -0.489 e. The highest BCUT2D eigenvalue weighted by Gasteiger charge is 2.27. The number of amides is 1. The Labute approximate surface area is 239 Å². The van der Waals surface area contributed by atoms with Crippen molar-refractivity contribution in [2.45, 2.75) is 94.7 Å². The summed E-state index contributed by atoms with van der Waals surface area (Å²) < 4.78 is 44.9. The van der Waals surface area contributed by atoms with Crippen LogP contribution in [0.3, 0.4) is 0 Å². The molecule has 1 N–H and O–H groups in total. The van der Waals surface area contributed by atoms with Crippen molar-refractivity contribution < 1.29 is 22.3 Å². The molecule has 2 atom stereocenters. The first-order chi connectivity index (χ1) is 19.4. The van der Waals surface area contributed by atoms with Gasteiger partial charge in [-0.2, -0.15) is 0 Å². The zero-order valence-corrected chi connectivity index (χ0v) is 24.4. The van der Waals surface area contributed by atoms with Gasteiger partial charge < -0.3 is 10.1 Å². The van der Waals surface area contributed by atoms with Crippen molar-refractivity contribution in [2.24, 2.45) is 0 Å². The Morgan fingerprint density at radius 3 is 2.40 bits per heavy atom. The second-order valence-corrected chi connectivity index (χ2v) is 13.9. The average molecular weight is 573 g/mol. The fourth-order valence-electron chi connectivity index (χ4n) is 5.83. The molecule has 0 spiro atoms. The largest absolute Gasteiger partial charge is 0.489 e. The molecular formula is C32H45FN2O4S. The summed E-state index contributed by atoms with van der Waals surface area (Å²) in [6.07, 6.45) is 7.54. The molecule has 0 bridgehead atoms. The van der Waals surface area contributed by atoms with Gasteiger partial charge in [0.1, 0.15) is 18.5 Å². The smallest absolute Gasteiger partial charge is 0.220 e. The lowest BCUT2D eigenvalue weighted by atomic mass is 10.0. The Balaban J connectivity index is 1.22. The van der Waals surface area contributed by atoms with Gasteiger partial charge in [-0.15, -0.1) is 0 Å². The topological polar surface area (TPSA) is 75.7 Å². The summed E-state index contributed by atoms with van der Waals surface area (Å²) in [6.45, 7) is 2.23. The van der Waals surface area contributed by atoms with Gasteiger partial charge in [0.2, 0.25) is 5.91 Å². The van der Waals surface area contributed by atoms with Crippen LogP contribution in [0.5, 0.6) is 5.75 Å². The quantitative estimate of drug-likeness (QED) is 0.280. The van der Waals surface area contributed by atoms with Gasteiger partial charge in [-0.25, -0.2) is 12.8 Å². The maximum atomic E-state index is 13.8. The summed E-state index contributed by atoms with van der Waals surface area (Å²) in [5.41, 5.74) is 2.19. The molecule has 4 rings (SSSR count). The Bertz CT molecular complexity index is 1140. The molecule has 0 aromatic heterocycles. The van der Waals surface area contributed by atoms with Crippen LogP contribution in [0.2, 0.25) is 0 Å². The van der Waals surface area contributed by atoms with E-state index in [4.69, 9.17) is 4.74 Å². The molecule has 1 amide bonds. The number of unbranched alkanes of at least 4 members (excludes halogenated alkanes) is 2. The van der Waals surface area contributed by atoms with Gasteiger partial charge in [-0.3, -0.25) is 9.69 Å². The van der Waals surface area contributed by atoms with E-state index in [-0.39, 0.29) is 23.0 Å². The number of carbonyl (C=O) groups excluding carboxylic acids is 1. The zero-order chi connectivity index (χ0) is 28.2. The molecule has 0 unspecified atom stereocenters. The van der Waals surface area contributed by atoms with Crippen LogP contribution in [0.25, 0.3) is 0 Å². The number of sulfone groups is 1. The van der Waals surface area contributed by atoms with E-state index in [0.29, 0.717) is 58.3 Å². The van der Waals surface area contributed by atoms with Crippen molar-refractivity contribution in [2.75, 3.05) is 25.4 Å². The van der Waals surface area contributed by atoms with Gasteiger partial charge in [0.25, 0.3) is 0 Å². The van der Waals surface area contributed by atoms with Crippen molar-refractivity contribution >= 4 is 15.7 Å². The van der Waals surface area contributed by atoms with E-state index in [1.807, 2.05) is 54.6 Å². The van der Waals surface area contributed by atoms with Crippen molar-refractivity contribution in [3.63, 3.8) is 0 Å². The minimum absolute atomic E-state index is 0.0288. The number of halogens is 1. The normalized spacial score (nSPS) is 19.4. The highest BCUT2D eigenvalue weighted by atomic mass is 32.2. The minimum atomic E-state index is -3.02. The predicted octanol–water partition coefficient (Wildman–Crippen LogP) is 5.64. The molecule has 0 radical (unpaired) electrons. The molecule has 1 aliphatic carbocycles. The summed E-state index contributed by atoms with van der Waals surface area (Å²) in [5, 5.41) is 3.01. The number of carbonyl (C=O) groups is 1. The molecule has 1 aliphatic heterocycles. The van der Waals surface area contributed by atoms with Crippen molar-refractivity contribution in [3.05, 3.63) is 65.7 Å². The van der Waals surface area contributed by atoms with E-state index in [0.717, 1.165) is 55.4 Å². The first-order valence-electron chi connectivity index (χ1n) is 15.0. The maximum Gasteiger partial charge on any atom is 0.220 e. The second kappa shape index (κ2) is 15.5. The Hall–Kier alpha value is -2.45. The summed E-state index contributed by atoms with van der Waals surface area (Å²) in [4.78, 5) is 14.9. The number of nitrogens with one attached hydrogen (secondary N) is 1. The van der Waals surface area contributed by atoms with Gasteiger partial charge in [0.15, 0.2) is 9.84 Å². The molecule has 40 heavy (non-hydrogen) atoms. The van der Waals surface area contributed by atoms with Gasteiger partial charge in [-0.05, 0) is 61.8 Å². The summed E-state index contributed by atoms with van der Waals surface area (Å²) in [6, 6.07) is 17.8. The Morgan fingerprint density at radius 2 is 1.70 bits per heavy atom. The number of likely N-dealkylation sites (tertiary alicyclic amines) is 1. The predicted molar refractivity (Wildman–Crippen MR) is 158 cm³/mol. The Kier molecular flexibility index (Phi) is 11.8. The summed E-state index contributed by atoms with van der Waals surface area (Å²) >= 11 is 0. The fraction of sp³-hybridized carbons (Fsp3) is 0.594. The first kappa shape index (κ1) is 30.5. The van der Waals surface area contributed by atoms with E-state index in [2.05, 4.69) is 10.2 Å². The first-order valence-corrected chi connectivity index (χ1v) is 16.7. The molecular weight excluding hydrogens is 527 g/mol. The molecule has 1 saturated carbocycles. The molecule has 1 saturated heterocycles. The van der Waals surface area contributed by atoms with E-state index < -0.39 is 16.0 Å². The molecule has 2 aromatic carbocycles. The second-order valence-electron chi connectivity index (χ2n) is 11.5. The number of hydrogen-bond acceptors (Lipinski definition) is 5. The van der Waals surface area contributed by atoms with Crippen LogP contribution in [0, 0.1) is 0 Å². The lowest BCUT2D eigenvalue weighted by molar-refractivity contribution is -0.122. The standard InChI is InChI=1S/C32H45FN2O4S/c33-28-19-20-35(23-28)24-29(22-26-15-17-30(18-16-26)39-25-27-10-4-1-5-11-27)34-32(36)14-8-3-9-21-40(37,38)31-12-6-2-7-13-31/h1,4-5,10-11,15-18,28-29,31H,2-3,6-9,12-14,19-25H2,(H,34,36)/t28-,29+/m1/s1. The van der Waals surface area contributed by atoms with E-state index in [9.17, 15) is 17.6 Å². The van der Waals surface area contributed by atoms with E-state index in [1.54, 1.807) is 0 Å². The molecule has 2 fully saturated rings. The summed E-state index contributed by atoms with van der Waals surface area (Å²) in [5.74, 6) is 0.990. The monoisotopic (exact) mass is 572 g/mol. The molecule has 2 aromatic rings. The van der Waals surface area contributed by atoms with Crippen LogP contribution < -0.4 is 10.1 Å². The zero-order valence-electron chi connectivity index (χ0n) is 23.6. The van der Waals surface area contributed by atoms with E-state index >= 15 is 0 Å². The molecule has 6 nitrogen and oxygen atoms in total. The lowest BCUT2D eigenvalue weighted by Gasteiger charge is -2.25. The Morgan fingerprint density at radius 1 is 0.950 bits per heavy atom.